The van der Waals surface area contributed by atoms with Crippen molar-refractivity contribution in [3.63, 3.8) is 0 Å². The van der Waals surface area contributed by atoms with Gasteiger partial charge in [0, 0.05) is 38.1 Å². The molecule has 110 valence electrons. The third kappa shape index (κ3) is 2.87. The van der Waals surface area contributed by atoms with E-state index in [9.17, 15) is 13.2 Å². The van der Waals surface area contributed by atoms with Crippen molar-refractivity contribution in [3.05, 3.63) is 18.0 Å². The summed E-state index contributed by atoms with van der Waals surface area (Å²) in [5, 5.41) is 0. The van der Waals surface area contributed by atoms with Crippen LogP contribution in [0.2, 0.25) is 0 Å². The largest absolute Gasteiger partial charge is 0.401 e. The lowest BCUT2D eigenvalue weighted by Gasteiger charge is -2.22. The lowest BCUT2D eigenvalue weighted by atomic mass is 10.0. The monoisotopic (exact) mass is 286 g/mol. The zero-order valence-corrected chi connectivity index (χ0v) is 11.3. The number of alkyl halides is 3. The number of nitrogens with zero attached hydrogens (tertiary/aromatic N) is 4. The summed E-state index contributed by atoms with van der Waals surface area (Å²) in [5.74, 6) is 1.28. The molecule has 0 aromatic carbocycles. The van der Waals surface area contributed by atoms with Crippen LogP contribution in [0.15, 0.2) is 12.3 Å². The predicted molar refractivity (Wildman–Crippen MR) is 68.5 cm³/mol. The summed E-state index contributed by atoms with van der Waals surface area (Å²) in [6.07, 6.45) is -2.38. The van der Waals surface area contributed by atoms with E-state index in [1.807, 2.05) is 13.0 Å². The molecule has 2 atom stereocenters. The van der Waals surface area contributed by atoms with E-state index >= 15 is 0 Å². The fraction of sp³-hybridized carbons (Fsp3) is 0.692. The predicted octanol–water partition coefficient (Wildman–Crippen LogP) is 1.72. The molecule has 4 nitrogen and oxygen atoms in total. The average molecular weight is 286 g/mol. The highest BCUT2D eigenvalue weighted by Crippen LogP contribution is 2.34. The summed E-state index contributed by atoms with van der Waals surface area (Å²) in [5.41, 5.74) is 0.908. The molecule has 2 unspecified atom stereocenters. The highest BCUT2D eigenvalue weighted by atomic mass is 19.4. The van der Waals surface area contributed by atoms with Gasteiger partial charge in [0.25, 0.3) is 0 Å². The van der Waals surface area contributed by atoms with Gasteiger partial charge in [-0.1, -0.05) is 0 Å². The van der Waals surface area contributed by atoms with Gasteiger partial charge < -0.3 is 4.90 Å². The Kier molecular flexibility index (Phi) is 3.32. The van der Waals surface area contributed by atoms with Gasteiger partial charge in [-0.2, -0.15) is 13.2 Å². The lowest BCUT2D eigenvalue weighted by Crippen LogP contribution is -2.35. The second-order valence-corrected chi connectivity index (χ2v) is 5.73. The molecule has 2 aliphatic rings. The third-order valence-corrected chi connectivity index (χ3v) is 4.03. The van der Waals surface area contributed by atoms with Gasteiger partial charge in [-0.15, -0.1) is 0 Å². The van der Waals surface area contributed by atoms with Crippen molar-refractivity contribution < 1.29 is 13.2 Å². The van der Waals surface area contributed by atoms with E-state index in [0.717, 1.165) is 18.8 Å². The van der Waals surface area contributed by atoms with Crippen LogP contribution in [0.4, 0.5) is 19.1 Å². The minimum atomic E-state index is -4.10. The van der Waals surface area contributed by atoms with E-state index < -0.39 is 12.7 Å². The Bertz CT molecular complexity index is 477. The number of halogens is 3. The fourth-order valence-electron chi connectivity index (χ4n) is 3.22. The number of hydrogen-bond acceptors (Lipinski definition) is 4. The number of anilines is 1. The number of hydrogen-bond donors (Lipinski definition) is 0. The van der Waals surface area contributed by atoms with Crippen molar-refractivity contribution in [2.24, 2.45) is 11.8 Å². The molecule has 0 bridgehead atoms. The summed E-state index contributed by atoms with van der Waals surface area (Å²) < 4.78 is 37.2. The molecular weight excluding hydrogens is 269 g/mol. The Labute approximate surface area is 115 Å². The first-order valence-electron chi connectivity index (χ1n) is 6.74. The second kappa shape index (κ2) is 4.87. The molecule has 2 fully saturated rings. The van der Waals surface area contributed by atoms with Gasteiger partial charge in [0.1, 0.15) is 0 Å². The zero-order valence-electron chi connectivity index (χ0n) is 11.3. The average Bonchev–Trinajstić information content (AvgIpc) is 2.84. The van der Waals surface area contributed by atoms with Crippen molar-refractivity contribution >= 4 is 5.95 Å². The van der Waals surface area contributed by atoms with Crippen LogP contribution in [0.5, 0.6) is 0 Å². The van der Waals surface area contributed by atoms with Crippen LogP contribution in [0, 0.1) is 18.8 Å². The molecule has 1 aromatic rings. The summed E-state index contributed by atoms with van der Waals surface area (Å²) in [7, 11) is 0. The van der Waals surface area contributed by atoms with Crippen LogP contribution < -0.4 is 4.90 Å². The number of aromatic nitrogens is 2. The minimum Gasteiger partial charge on any atom is -0.340 e. The maximum atomic E-state index is 12.4. The normalized spacial score (nSPS) is 27.1. The van der Waals surface area contributed by atoms with Gasteiger partial charge in [-0.25, -0.2) is 9.97 Å². The van der Waals surface area contributed by atoms with Crippen LogP contribution in [-0.4, -0.2) is 53.8 Å². The number of likely N-dealkylation sites (tertiary alicyclic amines) is 1. The Morgan fingerprint density at radius 2 is 1.85 bits per heavy atom. The topological polar surface area (TPSA) is 32.3 Å². The summed E-state index contributed by atoms with van der Waals surface area (Å²) in [6, 6.07) is 1.84. The van der Waals surface area contributed by atoms with Gasteiger partial charge in [0.2, 0.25) is 5.95 Å². The van der Waals surface area contributed by atoms with Gasteiger partial charge >= 0.3 is 6.18 Å². The van der Waals surface area contributed by atoms with Crippen molar-refractivity contribution in [2.45, 2.75) is 13.1 Å². The zero-order chi connectivity index (χ0) is 14.3. The van der Waals surface area contributed by atoms with Crippen LogP contribution in [0.3, 0.4) is 0 Å². The van der Waals surface area contributed by atoms with Gasteiger partial charge in [0.15, 0.2) is 0 Å². The first-order chi connectivity index (χ1) is 9.40. The Hall–Kier alpha value is -1.37. The molecule has 7 heteroatoms. The maximum absolute atomic E-state index is 12.4. The van der Waals surface area contributed by atoms with Crippen molar-refractivity contribution in [3.8, 4) is 0 Å². The highest BCUT2D eigenvalue weighted by molar-refractivity contribution is 5.33. The van der Waals surface area contributed by atoms with E-state index in [0.29, 0.717) is 30.9 Å². The van der Waals surface area contributed by atoms with Crippen LogP contribution in [0.25, 0.3) is 0 Å². The lowest BCUT2D eigenvalue weighted by molar-refractivity contribution is -0.144. The molecule has 0 radical (unpaired) electrons. The molecule has 0 amide bonds. The number of aryl methyl sites for hydroxylation is 1. The standard InChI is InChI=1S/C13H17F3N4/c1-9-2-3-17-12(18-9)20-6-10-4-19(5-11(10)7-20)8-13(14,15)16/h2-3,10-11H,4-8H2,1H3. The molecule has 20 heavy (non-hydrogen) atoms. The molecule has 1 aromatic heterocycles. The van der Waals surface area contributed by atoms with Gasteiger partial charge in [-0.3, -0.25) is 4.90 Å². The van der Waals surface area contributed by atoms with E-state index in [-0.39, 0.29) is 0 Å². The quantitative estimate of drug-likeness (QED) is 0.828. The number of rotatable bonds is 2. The maximum Gasteiger partial charge on any atom is 0.401 e. The fourth-order valence-corrected chi connectivity index (χ4v) is 3.22. The van der Waals surface area contributed by atoms with Gasteiger partial charge in [-0.05, 0) is 24.8 Å². The van der Waals surface area contributed by atoms with Gasteiger partial charge in [0.05, 0.1) is 6.54 Å². The first-order valence-corrected chi connectivity index (χ1v) is 6.74. The van der Waals surface area contributed by atoms with Crippen LogP contribution in [0.1, 0.15) is 5.69 Å². The minimum absolute atomic E-state index is 0.293. The van der Waals surface area contributed by atoms with Crippen LogP contribution in [-0.2, 0) is 0 Å². The van der Waals surface area contributed by atoms with E-state index in [4.69, 9.17) is 0 Å². The molecule has 2 saturated heterocycles. The molecule has 2 aliphatic heterocycles. The molecule has 0 aliphatic carbocycles. The Morgan fingerprint density at radius 1 is 1.20 bits per heavy atom. The molecule has 0 spiro atoms. The Morgan fingerprint density at radius 3 is 2.40 bits per heavy atom. The molecule has 0 saturated carbocycles. The van der Waals surface area contributed by atoms with E-state index in [2.05, 4.69) is 14.9 Å². The van der Waals surface area contributed by atoms with E-state index in [1.54, 1.807) is 6.20 Å². The second-order valence-electron chi connectivity index (χ2n) is 5.73. The van der Waals surface area contributed by atoms with E-state index in [1.165, 1.54) is 4.90 Å². The Balaban J connectivity index is 1.61. The van der Waals surface area contributed by atoms with Crippen molar-refractivity contribution in [1.29, 1.82) is 0 Å². The molecule has 0 N–H and O–H groups in total. The smallest absolute Gasteiger partial charge is 0.340 e. The van der Waals surface area contributed by atoms with Crippen molar-refractivity contribution in [1.82, 2.24) is 14.9 Å². The summed E-state index contributed by atoms with van der Waals surface area (Å²) in [4.78, 5) is 12.2. The molecular formula is C13H17F3N4. The molecule has 3 rings (SSSR count). The van der Waals surface area contributed by atoms with Crippen molar-refractivity contribution in [2.75, 3.05) is 37.6 Å². The summed E-state index contributed by atoms with van der Waals surface area (Å²) >= 11 is 0. The summed E-state index contributed by atoms with van der Waals surface area (Å²) in [6.45, 7) is 3.66. The third-order valence-electron chi connectivity index (χ3n) is 4.03. The highest BCUT2D eigenvalue weighted by Gasteiger charge is 2.43. The molecule has 3 heterocycles. The van der Waals surface area contributed by atoms with Crippen LogP contribution >= 0.6 is 0 Å². The number of fused-ring (bicyclic) bond motifs is 1. The SMILES string of the molecule is Cc1ccnc(N2CC3CN(CC(F)(F)F)CC3C2)n1. The first kappa shape index (κ1) is 13.6.